The molecule has 2 aromatic rings. The van der Waals surface area contributed by atoms with Gasteiger partial charge in [-0.1, -0.05) is 11.6 Å². The van der Waals surface area contributed by atoms with Gasteiger partial charge in [0.15, 0.2) is 15.1 Å². The number of esters is 1. The SMILES string of the molecule is COC(=O)C(C)NS(=O)(=O)c1c(Cl)nc2sccn12. The Kier molecular flexibility index (Phi) is 3.81. The Morgan fingerprint density at radius 1 is 1.63 bits per heavy atom. The highest BCUT2D eigenvalue weighted by molar-refractivity contribution is 7.89. The average Bonchev–Trinajstić information content (AvgIpc) is 2.85. The van der Waals surface area contributed by atoms with E-state index in [0.29, 0.717) is 4.96 Å². The number of nitrogens with zero attached hydrogens (tertiary/aromatic N) is 2. The number of ether oxygens (including phenoxy) is 1. The summed E-state index contributed by atoms with van der Waals surface area (Å²) in [5.74, 6) is -0.689. The van der Waals surface area contributed by atoms with Crippen LogP contribution in [-0.4, -0.2) is 36.9 Å². The topological polar surface area (TPSA) is 89.8 Å². The Morgan fingerprint density at radius 2 is 2.32 bits per heavy atom. The first kappa shape index (κ1) is 14.3. The maximum atomic E-state index is 12.2. The van der Waals surface area contributed by atoms with Gasteiger partial charge in [-0.15, -0.1) is 11.3 Å². The van der Waals surface area contributed by atoms with Crippen LogP contribution in [0.3, 0.4) is 0 Å². The van der Waals surface area contributed by atoms with Crippen LogP contribution in [0.1, 0.15) is 6.92 Å². The lowest BCUT2D eigenvalue weighted by molar-refractivity contribution is -0.142. The van der Waals surface area contributed by atoms with Crippen LogP contribution in [-0.2, 0) is 19.6 Å². The van der Waals surface area contributed by atoms with Gasteiger partial charge in [-0.2, -0.15) is 4.72 Å². The fourth-order valence-corrected chi connectivity index (χ4v) is 4.14. The number of carbonyl (C=O) groups is 1. The monoisotopic (exact) mass is 323 g/mol. The molecule has 7 nitrogen and oxygen atoms in total. The van der Waals surface area contributed by atoms with Crippen LogP contribution in [0.25, 0.3) is 4.96 Å². The molecular formula is C9H10ClN3O4S2. The summed E-state index contributed by atoms with van der Waals surface area (Å²) >= 11 is 7.08. The van der Waals surface area contributed by atoms with Gasteiger partial charge in [0.2, 0.25) is 0 Å². The minimum Gasteiger partial charge on any atom is -0.468 e. The smallest absolute Gasteiger partial charge is 0.323 e. The third-order valence-electron chi connectivity index (χ3n) is 2.32. The first-order valence-electron chi connectivity index (χ1n) is 5.08. The molecule has 10 heteroatoms. The van der Waals surface area contributed by atoms with Gasteiger partial charge in [-0.25, -0.2) is 13.4 Å². The molecule has 1 N–H and O–H groups in total. The Labute approximate surface area is 118 Å². The number of hydrogen-bond acceptors (Lipinski definition) is 6. The van der Waals surface area contributed by atoms with Gasteiger partial charge in [0, 0.05) is 11.6 Å². The average molecular weight is 324 g/mol. The van der Waals surface area contributed by atoms with Crippen LogP contribution < -0.4 is 4.72 Å². The molecule has 19 heavy (non-hydrogen) atoms. The maximum Gasteiger partial charge on any atom is 0.323 e. The number of hydrogen-bond donors (Lipinski definition) is 1. The molecule has 1 atom stereocenters. The quantitative estimate of drug-likeness (QED) is 0.844. The Balaban J connectivity index is 2.42. The van der Waals surface area contributed by atoms with E-state index in [2.05, 4.69) is 14.4 Å². The van der Waals surface area contributed by atoms with E-state index in [1.54, 1.807) is 5.38 Å². The lowest BCUT2D eigenvalue weighted by Gasteiger charge is -2.11. The van der Waals surface area contributed by atoms with Crippen LogP contribution in [0.4, 0.5) is 0 Å². The second-order valence-electron chi connectivity index (χ2n) is 3.63. The van der Waals surface area contributed by atoms with E-state index in [4.69, 9.17) is 11.6 Å². The van der Waals surface area contributed by atoms with E-state index >= 15 is 0 Å². The van der Waals surface area contributed by atoms with E-state index in [-0.39, 0.29) is 10.2 Å². The zero-order valence-electron chi connectivity index (χ0n) is 9.95. The van der Waals surface area contributed by atoms with Gasteiger partial charge in [0.25, 0.3) is 10.0 Å². The van der Waals surface area contributed by atoms with Crippen molar-refractivity contribution in [3.05, 3.63) is 16.7 Å². The summed E-state index contributed by atoms with van der Waals surface area (Å²) in [6.45, 7) is 1.38. The molecule has 0 bridgehead atoms. The molecule has 0 aromatic carbocycles. The Morgan fingerprint density at radius 3 is 2.95 bits per heavy atom. The number of rotatable bonds is 4. The number of nitrogens with one attached hydrogen (secondary N) is 1. The lowest BCUT2D eigenvalue weighted by atomic mass is 10.4. The molecule has 0 radical (unpaired) electrons. The molecule has 2 heterocycles. The molecular weight excluding hydrogens is 314 g/mol. The predicted molar refractivity (Wildman–Crippen MR) is 69.9 cm³/mol. The second-order valence-corrected chi connectivity index (χ2v) is 6.49. The second kappa shape index (κ2) is 5.08. The highest BCUT2D eigenvalue weighted by atomic mass is 35.5. The van der Waals surface area contributed by atoms with Gasteiger partial charge in [0.05, 0.1) is 7.11 Å². The van der Waals surface area contributed by atoms with Crippen LogP contribution in [0.15, 0.2) is 16.6 Å². The van der Waals surface area contributed by atoms with Gasteiger partial charge in [-0.05, 0) is 6.92 Å². The van der Waals surface area contributed by atoms with Gasteiger partial charge >= 0.3 is 5.97 Å². The number of thiazole rings is 1. The van der Waals surface area contributed by atoms with Crippen molar-refractivity contribution in [1.82, 2.24) is 14.1 Å². The van der Waals surface area contributed by atoms with Crippen LogP contribution >= 0.6 is 22.9 Å². The summed E-state index contributed by atoms with van der Waals surface area (Å²) in [5.41, 5.74) is 0. The highest BCUT2D eigenvalue weighted by Gasteiger charge is 2.28. The zero-order valence-corrected chi connectivity index (χ0v) is 12.3. The van der Waals surface area contributed by atoms with Crippen molar-refractivity contribution in [2.45, 2.75) is 18.0 Å². The molecule has 2 aromatic heterocycles. The summed E-state index contributed by atoms with van der Waals surface area (Å²) < 4.78 is 32.4. The number of carbonyl (C=O) groups excluding carboxylic acids is 1. The molecule has 0 aliphatic rings. The zero-order chi connectivity index (χ0) is 14.2. The van der Waals surface area contributed by atoms with E-state index in [0.717, 1.165) is 0 Å². The van der Waals surface area contributed by atoms with Crippen molar-refractivity contribution < 1.29 is 17.9 Å². The molecule has 0 amide bonds. The van der Waals surface area contributed by atoms with Gasteiger partial charge < -0.3 is 4.74 Å². The number of methoxy groups -OCH3 is 1. The van der Waals surface area contributed by atoms with E-state index in [1.165, 1.54) is 36.0 Å². The number of sulfonamides is 1. The predicted octanol–water partition coefficient (Wildman–Crippen LogP) is 0.889. The standard InChI is InChI=1S/C9H10ClN3O4S2/c1-5(8(14)17-2)12-19(15,16)7-6(10)11-9-13(7)3-4-18-9/h3-5,12H,1-2H3. The van der Waals surface area contributed by atoms with Crippen LogP contribution in [0.5, 0.6) is 0 Å². The van der Waals surface area contributed by atoms with Crippen molar-refractivity contribution in [3.63, 3.8) is 0 Å². The first-order valence-corrected chi connectivity index (χ1v) is 7.82. The molecule has 0 aliphatic heterocycles. The highest BCUT2D eigenvalue weighted by Crippen LogP contribution is 2.25. The van der Waals surface area contributed by atoms with Crippen molar-refractivity contribution >= 4 is 43.9 Å². The van der Waals surface area contributed by atoms with Crippen LogP contribution in [0.2, 0.25) is 5.15 Å². The fourth-order valence-electron chi connectivity index (χ4n) is 1.49. The number of fused-ring (bicyclic) bond motifs is 1. The summed E-state index contributed by atoms with van der Waals surface area (Å²) in [7, 11) is -2.80. The van der Waals surface area contributed by atoms with Crippen molar-refractivity contribution in [3.8, 4) is 0 Å². The first-order chi connectivity index (χ1) is 8.86. The van der Waals surface area contributed by atoms with Crippen molar-refractivity contribution in [2.24, 2.45) is 0 Å². The van der Waals surface area contributed by atoms with Crippen LogP contribution in [0, 0.1) is 0 Å². The number of aromatic nitrogens is 2. The lowest BCUT2D eigenvalue weighted by Crippen LogP contribution is -2.39. The Hall–Kier alpha value is -1.16. The van der Waals surface area contributed by atoms with Gasteiger partial charge in [-0.3, -0.25) is 9.20 Å². The minimum absolute atomic E-state index is 0.142. The number of imidazole rings is 1. The Bertz CT molecular complexity index is 721. The van der Waals surface area contributed by atoms with Crippen molar-refractivity contribution in [2.75, 3.05) is 7.11 Å². The third kappa shape index (κ3) is 2.59. The molecule has 1 unspecified atom stereocenters. The molecule has 104 valence electrons. The summed E-state index contributed by atoms with van der Waals surface area (Å²) in [6.07, 6.45) is 1.54. The molecule has 0 spiro atoms. The summed E-state index contributed by atoms with van der Waals surface area (Å²) in [6, 6.07) is -1.02. The van der Waals surface area contributed by atoms with E-state index in [9.17, 15) is 13.2 Å². The fraction of sp³-hybridized carbons (Fsp3) is 0.333. The normalized spacial score (nSPS) is 13.6. The molecule has 0 fully saturated rings. The molecule has 0 saturated carbocycles. The summed E-state index contributed by atoms with van der Waals surface area (Å²) in [5, 5.41) is 1.35. The molecule has 2 rings (SSSR count). The van der Waals surface area contributed by atoms with E-state index in [1.807, 2.05) is 0 Å². The summed E-state index contributed by atoms with van der Waals surface area (Å²) in [4.78, 5) is 15.6. The molecule has 0 aliphatic carbocycles. The maximum absolute atomic E-state index is 12.2. The minimum atomic E-state index is -3.97. The number of halogens is 1. The molecule has 0 saturated heterocycles. The van der Waals surface area contributed by atoms with Gasteiger partial charge in [0.1, 0.15) is 6.04 Å². The van der Waals surface area contributed by atoms with E-state index < -0.39 is 22.0 Å². The largest absolute Gasteiger partial charge is 0.468 e. The third-order valence-corrected chi connectivity index (χ3v) is 5.01. The van der Waals surface area contributed by atoms with Crippen molar-refractivity contribution in [1.29, 1.82) is 0 Å².